The summed E-state index contributed by atoms with van der Waals surface area (Å²) in [4.78, 5) is 43.5. The number of anilines is 2. The van der Waals surface area contributed by atoms with Crippen LogP contribution in [0.5, 0.6) is 5.75 Å². The summed E-state index contributed by atoms with van der Waals surface area (Å²) in [6.07, 6.45) is 0.125. The van der Waals surface area contributed by atoms with Gasteiger partial charge in [-0.05, 0) is 81.6 Å². The van der Waals surface area contributed by atoms with Gasteiger partial charge in [0.2, 0.25) is 5.78 Å². The monoisotopic (exact) mass is 774 g/mol. The lowest BCUT2D eigenvalue weighted by atomic mass is 9.57. The molecule has 0 radical (unpaired) electrons. The van der Waals surface area contributed by atoms with Gasteiger partial charge in [0.05, 0.1) is 24.8 Å². The minimum absolute atomic E-state index is 0.0197. The highest BCUT2D eigenvalue weighted by Crippen LogP contribution is 2.61. The highest BCUT2D eigenvalue weighted by atomic mass is 31.2. The Morgan fingerprint density at radius 2 is 1.62 bits per heavy atom. The third-order valence-corrected chi connectivity index (χ3v) is 13.0. The molecule has 55 heavy (non-hydrogen) atoms. The number of benzene rings is 3. The number of carbonyl (C=O) groups is 3. The van der Waals surface area contributed by atoms with Crippen LogP contribution >= 0.6 is 7.60 Å². The zero-order valence-corrected chi connectivity index (χ0v) is 32.5. The number of likely N-dealkylation sites (N-methyl/N-ethyl adjacent to an activating group) is 1. The summed E-state index contributed by atoms with van der Waals surface area (Å²) in [6, 6.07) is 16.7. The number of ketones is 2. The van der Waals surface area contributed by atoms with Crippen molar-refractivity contribution in [3.8, 4) is 16.9 Å². The minimum atomic E-state index is -3.75. The normalized spacial score (nSPS) is 22.9. The van der Waals surface area contributed by atoms with Crippen LogP contribution in [0.4, 0.5) is 11.4 Å². The molecular weight excluding hydrogens is 727 g/mol. The van der Waals surface area contributed by atoms with Crippen molar-refractivity contribution in [3.63, 3.8) is 0 Å². The van der Waals surface area contributed by atoms with Crippen molar-refractivity contribution in [2.24, 2.45) is 17.6 Å². The molecule has 0 bridgehead atoms. The molecule has 3 aromatic carbocycles. The van der Waals surface area contributed by atoms with Gasteiger partial charge in [0.1, 0.15) is 22.8 Å². The SMILES string of the molecule is CCOP(=O)(OCC)C(Nc1ccccc1)c1ccc(-c2cc(N(C)C)c3c(c2O)C(O)=C2C(=O)[C@]4(O)C(O)=C(C(N)=O)C(=O)[C@H](N(C)C)[C@@H]4C[C@@H]2C3)cc1. The van der Waals surface area contributed by atoms with Crippen molar-refractivity contribution < 1.29 is 48.4 Å². The van der Waals surface area contributed by atoms with Gasteiger partial charge in [0.25, 0.3) is 5.91 Å². The van der Waals surface area contributed by atoms with E-state index < -0.39 is 71.4 Å². The number of aliphatic hydroxyl groups excluding tert-OH is 2. The van der Waals surface area contributed by atoms with E-state index in [4.69, 9.17) is 14.8 Å². The van der Waals surface area contributed by atoms with Crippen molar-refractivity contribution in [2.45, 2.75) is 44.1 Å². The number of nitrogens with two attached hydrogens (primary N) is 1. The second kappa shape index (κ2) is 14.9. The zero-order chi connectivity index (χ0) is 40.1. The number of primary amides is 1. The van der Waals surface area contributed by atoms with E-state index in [1.54, 1.807) is 72.4 Å². The molecule has 1 unspecified atom stereocenters. The van der Waals surface area contributed by atoms with E-state index >= 15 is 0 Å². The third-order valence-electron chi connectivity index (χ3n) is 10.7. The number of phenols is 1. The van der Waals surface area contributed by atoms with Crippen LogP contribution in [0.25, 0.3) is 16.9 Å². The molecule has 3 aliphatic carbocycles. The summed E-state index contributed by atoms with van der Waals surface area (Å²) >= 11 is 0. The standard InChI is InChI=1S/C40H47N4O10P/c1-7-53-55(52,54-8-2)39(42-24-12-10-9-11-13-24)22-16-14-21(15-17-22)25-20-28(43(3)4)26-18-23-19-27-32(44(5)6)35(47)31(38(41)50)37(49)40(27,51)36(48)29(23)34(46)30(26)33(25)45/h9-17,20,23,27,32,39,42,45-46,49,51H,7-8,18-19H2,1-6H3,(H2,41,50)/t23-,27-,32+,39?,40-/m0/s1. The smallest absolute Gasteiger partial charge is 0.357 e. The van der Waals surface area contributed by atoms with Crippen LogP contribution in [-0.4, -0.2) is 95.8 Å². The van der Waals surface area contributed by atoms with Gasteiger partial charge in [-0.3, -0.25) is 23.8 Å². The number of hydrogen-bond donors (Lipinski definition) is 6. The molecule has 3 aliphatic rings. The molecule has 1 fully saturated rings. The Morgan fingerprint density at radius 3 is 2.16 bits per heavy atom. The van der Waals surface area contributed by atoms with Crippen LogP contribution in [0.3, 0.4) is 0 Å². The number of aliphatic hydroxyl groups is 3. The fraction of sp³-hybridized carbons (Fsp3) is 0.375. The Kier molecular flexibility index (Phi) is 10.8. The maximum Gasteiger partial charge on any atom is 0.357 e. The second-order valence-corrected chi connectivity index (χ2v) is 16.5. The molecule has 14 nitrogen and oxygen atoms in total. The van der Waals surface area contributed by atoms with Crippen molar-refractivity contribution >= 4 is 42.2 Å². The molecule has 0 spiro atoms. The van der Waals surface area contributed by atoms with E-state index in [0.29, 0.717) is 33.6 Å². The van der Waals surface area contributed by atoms with Gasteiger partial charge in [0.15, 0.2) is 17.2 Å². The summed E-state index contributed by atoms with van der Waals surface area (Å²) in [5, 5.41) is 50.4. The average molecular weight is 775 g/mol. The molecule has 0 aliphatic heterocycles. The minimum Gasteiger partial charge on any atom is -0.508 e. The molecule has 1 amide bonds. The van der Waals surface area contributed by atoms with Crippen molar-refractivity contribution in [1.82, 2.24) is 4.90 Å². The molecule has 7 N–H and O–H groups in total. The number of carbonyl (C=O) groups excluding carboxylic acids is 3. The molecule has 292 valence electrons. The zero-order valence-electron chi connectivity index (χ0n) is 31.6. The lowest BCUT2D eigenvalue weighted by Crippen LogP contribution is -2.65. The molecule has 15 heteroatoms. The first kappa shape index (κ1) is 39.7. The molecule has 0 heterocycles. The first-order valence-corrected chi connectivity index (χ1v) is 19.6. The van der Waals surface area contributed by atoms with Gasteiger partial charge in [-0.2, -0.15) is 0 Å². The predicted octanol–water partition coefficient (Wildman–Crippen LogP) is 5.07. The number of para-hydroxylation sites is 1. The highest BCUT2D eigenvalue weighted by Gasteiger charge is 2.64. The Labute approximate surface area is 319 Å². The second-order valence-electron chi connectivity index (χ2n) is 14.4. The Bertz CT molecular complexity index is 2140. The lowest BCUT2D eigenvalue weighted by molar-refractivity contribution is -0.153. The van der Waals surface area contributed by atoms with Crippen molar-refractivity contribution in [2.75, 3.05) is 51.6 Å². The largest absolute Gasteiger partial charge is 0.508 e. The fourth-order valence-electron chi connectivity index (χ4n) is 8.34. The van der Waals surface area contributed by atoms with E-state index in [-0.39, 0.29) is 42.9 Å². The molecule has 3 aromatic rings. The van der Waals surface area contributed by atoms with Crippen LogP contribution < -0.4 is 16.0 Å². The lowest BCUT2D eigenvalue weighted by Gasteiger charge is -2.50. The predicted molar refractivity (Wildman–Crippen MR) is 208 cm³/mol. The number of nitrogens with one attached hydrogen (secondary N) is 1. The van der Waals surface area contributed by atoms with Crippen LogP contribution in [0.1, 0.15) is 42.7 Å². The number of phenolic OH excluding ortho intramolecular Hbond substituents is 1. The van der Waals surface area contributed by atoms with Crippen LogP contribution in [0.15, 0.2) is 77.6 Å². The summed E-state index contributed by atoms with van der Waals surface area (Å²) in [7, 11) is 2.97. The Hall–Kier alpha value is -4.98. The van der Waals surface area contributed by atoms with Crippen LogP contribution in [0.2, 0.25) is 0 Å². The molecular formula is C40H47N4O10P. The van der Waals surface area contributed by atoms with Crippen molar-refractivity contribution in [3.05, 3.63) is 94.3 Å². The molecule has 5 atom stereocenters. The molecule has 0 saturated heterocycles. The molecule has 6 rings (SSSR count). The van der Waals surface area contributed by atoms with Crippen LogP contribution in [0, 0.1) is 11.8 Å². The Balaban J connectivity index is 1.48. The molecule has 1 saturated carbocycles. The van der Waals surface area contributed by atoms with Gasteiger partial charge in [-0.1, -0.05) is 42.5 Å². The van der Waals surface area contributed by atoms with Gasteiger partial charge in [0, 0.05) is 42.5 Å². The third kappa shape index (κ3) is 6.51. The summed E-state index contributed by atoms with van der Waals surface area (Å²) in [6.45, 7) is 3.76. The van der Waals surface area contributed by atoms with E-state index in [2.05, 4.69) is 5.32 Å². The molecule has 0 aromatic heterocycles. The number of nitrogens with zero attached hydrogens (tertiary/aromatic N) is 2. The topological polar surface area (TPSA) is 212 Å². The first-order valence-electron chi connectivity index (χ1n) is 18.0. The quantitative estimate of drug-likeness (QED) is 0.105. The summed E-state index contributed by atoms with van der Waals surface area (Å²) in [5.74, 6) is -8.05. The number of amides is 1. The van der Waals surface area contributed by atoms with E-state index in [1.807, 2.05) is 35.2 Å². The van der Waals surface area contributed by atoms with Gasteiger partial charge >= 0.3 is 7.60 Å². The highest BCUT2D eigenvalue weighted by molar-refractivity contribution is 7.54. The summed E-state index contributed by atoms with van der Waals surface area (Å²) in [5.41, 5.74) is 4.85. The average Bonchev–Trinajstić information content (AvgIpc) is 3.12. The van der Waals surface area contributed by atoms with Crippen molar-refractivity contribution in [1.29, 1.82) is 0 Å². The van der Waals surface area contributed by atoms with Crippen LogP contribution in [-0.2, 0) is 34.4 Å². The fourth-order valence-corrected chi connectivity index (χ4v) is 10.3. The number of fused-ring (bicyclic) bond motifs is 3. The van der Waals surface area contributed by atoms with Gasteiger partial charge in [-0.15, -0.1) is 0 Å². The number of rotatable bonds is 12. The number of hydrogen-bond acceptors (Lipinski definition) is 13. The summed E-state index contributed by atoms with van der Waals surface area (Å²) < 4.78 is 25.6. The Morgan fingerprint density at radius 1 is 1.00 bits per heavy atom. The number of Topliss-reactive ketones (excluding diaryl/α,β-unsaturated/α-hetero) is 2. The number of aromatic hydroxyl groups is 1. The maximum absolute atomic E-state index is 14.4. The van der Waals surface area contributed by atoms with E-state index in [0.717, 1.165) is 0 Å². The van der Waals surface area contributed by atoms with Gasteiger partial charge in [-0.25, -0.2) is 0 Å². The van der Waals surface area contributed by atoms with Gasteiger partial charge < -0.3 is 45.4 Å². The van der Waals surface area contributed by atoms with E-state index in [1.165, 1.54) is 4.90 Å². The van der Waals surface area contributed by atoms with E-state index in [9.17, 15) is 39.4 Å². The first-order chi connectivity index (χ1) is 26.0. The maximum atomic E-state index is 14.4.